The molecule has 0 saturated heterocycles. The molecule has 0 aliphatic rings. The van der Waals surface area contributed by atoms with Crippen LogP contribution in [0.2, 0.25) is 0 Å². The summed E-state index contributed by atoms with van der Waals surface area (Å²) in [5.74, 6) is 0.199. The maximum Gasteiger partial charge on any atom is 0.258 e. The molecular formula is C9H10INO2. The van der Waals surface area contributed by atoms with Gasteiger partial charge in [0, 0.05) is 3.57 Å². The zero-order valence-electron chi connectivity index (χ0n) is 7.16. The van der Waals surface area contributed by atoms with Crippen molar-refractivity contribution in [2.24, 2.45) is 5.73 Å². The summed E-state index contributed by atoms with van der Waals surface area (Å²) in [5.41, 5.74) is 5.05. The van der Waals surface area contributed by atoms with E-state index >= 15 is 0 Å². The van der Waals surface area contributed by atoms with Gasteiger partial charge in [-0.2, -0.15) is 0 Å². The predicted molar refractivity (Wildman–Crippen MR) is 58.4 cm³/mol. The van der Waals surface area contributed by atoms with Gasteiger partial charge >= 0.3 is 0 Å². The molecule has 0 heterocycles. The number of carbonyl (C=O) groups excluding carboxylic acids is 1. The zero-order chi connectivity index (χ0) is 9.84. The second-order valence-electron chi connectivity index (χ2n) is 2.62. The molecule has 1 atom stereocenters. The number of carbonyl (C=O) groups is 1. The van der Waals surface area contributed by atoms with Gasteiger partial charge in [0.05, 0.1) is 0 Å². The Labute approximate surface area is 90.4 Å². The molecule has 0 aromatic heterocycles. The molecule has 4 heteroatoms. The van der Waals surface area contributed by atoms with Crippen molar-refractivity contribution in [3.63, 3.8) is 0 Å². The van der Waals surface area contributed by atoms with E-state index in [0.29, 0.717) is 5.75 Å². The molecule has 1 aromatic carbocycles. The highest BCUT2D eigenvalue weighted by molar-refractivity contribution is 14.1. The predicted octanol–water partition coefficient (Wildman–Crippen LogP) is 1.54. The van der Waals surface area contributed by atoms with E-state index in [1.54, 1.807) is 19.1 Å². The van der Waals surface area contributed by atoms with Crippen molar-refractivity contribution in [2.75, 3.05) is 0 Å². The molecule has 0 saturated carbocycles. The summed E-state index contributed by atoms with van der Waals surface area (Å²) in [4.78, 5) is 10.7. The van der Waals surface area contributed by atoms with Gasteiger partial charge in [0.15, 0.2) is 6.10 Å². The highest BCUT2D eigenvalue weighted by Crippen LogP contribution is 2.14. The summed E-state index contributed by atoms with van der Waals surface area (Å²) in [5, 5.41) is 0. The molecule has 1 unspecified atom stereocenters. The summed E-state index contributed by atoms with van der Waals surface area (Å²) >= 11 is 2.20. The van der Waals surface area contributed by atoms with Crippen LogP contribution in [0.1, 0.15) is 6.92 Å². The molecule has 0 spiro atoms. The van der Waals surface area contributed by atoms with Crippen molar-refractivity contribution in [3.05, 3.63) is 27.8 Å². The first-order valence-electron chi connectivity index (χ1n) is 3.81. The Morgan fingerprint density at radius 3 is 2.46 bits per heavy atom. The van der Waals surface area contributed by atoms with Crippen LogP contribution in [-0.4, -0.2) is 12.0 Å². The fraction of sp³-hybridized carbons (Fsp3) is 0.222. The van der Waals surface area contributed by atoms with E-state index in [9.17, 15) is 4.79 Å². The molecule has 1 amide bonds. The van der Waals surface area contributed by atoms with E-state index in [0.717, 1.165) is 3.57 Å². The molecule has 0 aliphatic carbocycles. The second kappa shape index (κ2) is 4.45. The second-order valence-corrected chi connectivity index (χ2v) is 3.86. The topological polar surface area (TPSA) is 52.3 Å². The summed E-state index contributed by atoms with van der Waals surface area (Å²) in [6.45, 7) is 1.63. The first-order valence-corrected chi connectivity index (χ1v) is 4.89. The van der Waals surface area contributed by atoms with E-state index in [2.05, 4.69) is 22.6 Å². The average molecular weight is 291 g/mol. The Morgan fingerprint density at radius 2 is 2.00 bits per heavy atom. The van der Waals surface area contributed by atoms with Gasteiger partial charge in [-0.15, -0.1) is 0 Å². The minimum Gasteiger partial charge on any atom is -0.481 e. The lowest BCUT2D eigenvalue weighted by Crippen LogP contribution is -2.30. The van der Waals surface area contributed by atoms with Crippen molar-refractivity contribution >= 4 is 28.5 Å². The van der Waals surface area contributed by atoms with E-state index in [4.69, 9.17) is 10.5 Å². The summed E-state index contributed by atoms with van der Waals surface area (Å²) in [7, 11) is 0. The Balaban J connectivity index is 2.64. The van der Waals surface area contributed by atoms with Crippen LogP contribution >= 0.6 is 22.6 Å². The first kappa shape index (κ1) is 10.3. The van der Waals surface area contributed by atoms with Crippen molar-refractivity contribution in [2.45, 2.75) is 13.0 Å². The lowest BCUT2D eigenvalue weighted by molar-refractivity contribution is -0.123. The Morgan fingerprint density at radius 1 is 1.46 bits per heavy atom. The number of primary amides is 1. The van der Waals surface area contributed by atoms with Gasteiger partial charge in [0.1, 0.15) is 5.75 Å². The van der Waals surface area contributed by atoms with Gasteiger partial charge in [0.2, 0.25) is 0 Å². The molecule has 0 radical (unpaired) electrons. The average Bonchev–Trinajstić information content (AvgIpc) is 2.08. The maximum absolute atomic E-state index is 10.7. The van der Waals surface area contributed by atoms with Crippen LogP contribution < -0.4 is 10.5 Å². The molecule has 2 N–H and O–H groups in total. The van der Waals surface area contributed by atoms with Gasteiger partial charge in [0.25, 0.3) is 5.91 Å². The zero-order valence-corrected chi connectivity index (χ0v) is 9.32. The fourth-order valence-electron chi connectivity index (χ4n) is 0.775. The smallest absolute Gasteiger partial charge is 0.258 e. The van der Waals surface area contributed by atoms with Crippen molar-refractivity contribution in [3.8, 4) is 5.75 Å². The van der Waals surface area contributed by atoms with Gasteiger partial charge in [-0.05, 0) is 53.8 Å². The molecule has 0 aliphatic heterocycles. The summed E-state index contributed by atoms with van der Waals surface area (Å²) < 4.78 is 6.37. The van der Waals surface area contributed by atoms with Gasteiger partial charge in [-0.25, -0.2) is 0 Å². The van der Waals surface area contributed by atoms with E-state index in [-0.39, 0.29) is 0 Å². The molecule has 70 valence electrons. The molecule has 0 fully saturated rings. The van der Waals surface area contributed by atoms with Crippen molar-refractivity contribution < 1.29 is 9.53 Å². The largest absolute Gasteiger partial charge is 0.481 e. The van der Waals surface area contributed by atoms with Gasteiger partial charge in [-0.1, -0.05) is 0 Å². The Bertz CT molecular complexity index is 297. The molecule has 0 bridgehead atoms. The minimum absolute atomic E-state index is 0.460. The standard InChI is InChI=1S/C9H10INO2/c1-6(9(11)12)13-8-4-2-7(10)3-5-8/h2-6H,1H3,(H2,11,12). The molecule has 1 rings (SSSR count). The van der Waals surface area contributed by atoms with Crippen molar-refractivity contribution in [1.82, 2.24) is 0 Å². The number of hydrogen-bond donors (Lipinski definition) is 1. The van der Waals surface area contributed by atoms with Crippen LogP contribution in [0.3, 0.4) is 0 Å². The SMILES string of the molecule is CC(Oc1ccc(I)cc1)C(N)=O. The highest BCUT2D eigenvalue weighted by Gasteiger charge is 2.09. The van der Waals surface area contributed by atoms with Crippen LogP contribution in [0, 0.1) is 3.57 Å². The molecule has 13 heavy (non-hydrogen) atoms. The molecular weight excluding hydrogens is 281 g/mol. The number of nitrogens with two attached hydrogens (primary N) is 1. The van der Waals surface area contributed by atoms with Crippen molar-refractivity contribution in [1.29, 1.82) is 0 Å². The monoisotopic (exact) mass is 291 g/mol. The first-order chi connectivity index (χ1) is 6.09. The molecule has 1 aromatic rings. The van der Waals surface area contributed by atoms with Gasteiger partial charge < -0.3 is 10.5 Å². The third-order valence-corrected chi connectivity index (χ3v) is 2.25. The van der Waals surface area contributed by atoms with Crippen LogP contribution in [0.5, 0.6) is 5.75 Å². The Hall–Kier alpha value is -0.780. The Kier molecular flexibility index (Phi) is 3.53. The number of halogens is 1. The third-order valence-electron chi connectivity index (χ3n) is 1.53. The van der Waals surface area contributed by atoms with E-state index in [1.807, 2.05) is 12.1 Å². The van der Waals surface area contributed by atoms with E-state index < -0.39 is 12.0 Å². The maximum atomic E-state index is 10.7. The number of hydrogen-bond acceptors (Lipinski definition) is 2. The van der Waals surface area contributed by atoms with Crippen LogP contribution in [-0.2, 0) is 4.79 Å². The third kappa shape index (κ3) is 3.22. The number of benzene rings is 1. The minimum atomic E-state index is -0.583. The fourth-order valence-corrected chi connectivity index (χ4v) is 1.13. The lowest BCUT2D eigenvalue weighted by Gasteiger charge is -2.10. The normalized spacial score (nSPS) is 12.2. The van der Waals surface area contributed by atoms with E-state index in [1.165, 1.54) is 0 Å². The van der Waals surface area contributed by atoms with Crippen LogP contribution in [0.15, 0.2) is 24.3 Å². The highest BCUT2D eigenvalue weighted by atomic mass is 127. The van der Waals surface area contributed by atoms with Crippen LogP contribution in [0.4, 0.5) is 0 Å². The number of amides is 1. The molecule has 3 nitrogen and oxygen atoms in total. The van der Waals surface area contributed by atoms with Gasteiger partial charge in [-0.3, -0.25) is 4.79 Å². The summed E-state index contributed by atoms with van der Waals surface area (Å²) in [6.07, 6.45) is -0.583. The number of ether oxygens (including phenoxy) is 1. The lowest BCUT2D eigenvalue weighted by atomic mass is 10.3. The van der Waals surface area contributed by atoms with Crippen LogP contribution in [0.25, 0.3) is 0 Å². The quantitative estimate of drug-likeness (QED) is 0.859. The summed E-state index contributed by atoms with van der Waals surface area (Å²) in [6, 6.07) is 7.43. The number of rotatable bonds is 3.